The van der Waals surface area contributed by atoms with Gasteiger partial charge in [0.25, 0.3) is 0 Å². The second-order valence-electron chi connectivity index (χ2n) is 3.32. The first-order chi connectivity index (χ1) is 9.11. The van der Waals surface area contributed by atoms with Crippen molar-refractivity contribution < 1.29 is 9.66 Å². The molecule has 2 rings (SSSR count). The molecule has 0 aliphatic rings. The summed E-state index contributed by atoms with van der Waals surface area (Å²) in [5.74, 6) is 5.13. The molecule has 0 bridgehead atoms. The van der Waals surface area contributed by atoms with E-state index in [9.17, 15) is 10.1 Å². The van der Waals surface area contributed by atoms with Crippen molar-refractivity contribution in [1.29, 1.82) is 0 Å². The zero-order chi connectivity index (χ0) is 13.8. The Balaban J connectivity index is 2.43. The third kappa shape index (κ3) is 2.87. The van der Waals surface area contributed by atoms with E-state index < -0.39 is 4.92 Å². The Labute approximate surface area is 112 Å². The number of ether oxygens (including phenoxy) is 1. The SMILES string of the molecule is NNc1ncc([N+](=O)[O-])c(Oc2ccccc2Cl)n1. The van der Waals surface area contributed by atoms with Gasteiger partial charge in [-0.25, -0.2) is 10.8 Å². The van der Waals surface area contributed by atoms with Crippen LogP contribution < -0.4 is 16.0 Å². The lowest BCUT2D eigenvalue weighted by Gasteiger charge is -2.07. The van der Waals surface area contributed by atoms with Crippen molar-refractivity contribution in [1.82, 2.24) is 9.97 Å². The average molecular weight is 282 g/mol. The van der Waals surface area contributed by atoms with Gasteiger partial charge in [0.1, 0.15) is 11.9 Å². The molecular formula is C10H8ClN5O3. The molecule has 0 amide bonds. The Bertz CT molecular complexity index is 622. The van der Waals surface area contributed by atoms with Gasteiger partial charge in [-0.15, -0.1) is 0 Å². The van der Waals surface area contributed by atoms with Crippen molar-refractivity contribution in [2.45, 2.75) is 0 Å². The Kier molecular flexibility index (Phi) is 3.74. The standard InChI is InChI=1S/C10H8ClN5O3/c11-6-3-1-2-4-8(6)19-9-7(16(17)18)5-13-10(14-9)15-12/h1-5H,12H2,(H,13,14,15). The molecule has 0 saturated carbocycles. The predicted octanol–water partition coefficient (Wildman–Crippen LogP) is 2.12. The van der Waals surface area contributed by atoms with Crippen LogP contribution in [0, 0.1) is 10.1 Å². The number of nitrogens with two attached hydrogens (primary N) is 1. The fourth-order valence-corrected chi connectivity index (χ4v) is 1.44. The zero-order valence-corrected chi connectivity index (χ0v) is 10.2. The van der Waals surface area contributed by atoms with Gasteiger partial charge in [-0.1, -0.05) is 23.7 Å². The summed E-state index contributed by atoms with van der Waals surface area (Å²) in [5.41, 5.74) is 1.79. The monoisotopic (exact) mass is 281 g/mol. The van der Waals surface area contributed by atoms with Gasteiger partial charge in [0.15, 0.2) is 0 Å². The number of anilines is 1. The van der Waals surface area contributed by atoms with Gasteiger partial charge in [-0.2, -0.15) is 4.98 Å². The van der Waals surface area contributed by atoms with E-state index in [0.717, 1.165) is 6.20 Å². The van der Waals surface area contributed by atoms with Gasteiger partial charge in [-0.05, 0) is 12.1 Å². The summed E-state index contributed by atoms with van der Waals surface area (Å²) >= 11 is 5.90. The molecule has 0 unspecified atom stereocenters. The largest absolute Gasteiger partial charge is 0.432 e. The lowest BCUT2D eigenvalue weighted by Crippen LogP contribution is -2.11. The third-order valence-electron chi connectivity index (χ3n) is 2.10. The molecule has 2 aromatic rings. The number of nitrogens with one attached hydrogen (secondary N) is 1. The molecule has 1 aromatic carbocycles. The molecule has 0 aliphatic heterocycles. The van der Waals surface area contributed by atoms with Crippen LogP contribution in [-0.2, 0) is 0 Å². The minimum Gasteiger partial charge on any atom is -0.432 e. The number of hydrogen-bond acceptors (Lipinski definition) is 7. The second-order valence-corrected chi connectivity index (χ2v) is 3.73. The molecule has 1 heterocycles. The number of hydrogen-bond donors (Lipinski definition) is 2. The number of hydrazine groups is 1. The van der Waals surface area contributed by atoms with E-state index in [-0.39, 0.29) is 23.3 Å². The molecule has 0 spiro atoms. The van der Waals surface area contributed by atoms with Gasteiger partial charge in [-0.3, -0.25) is 15.5 Å². The molecule has 0 fully saturated rings. The number of para-hydroxylation sites is 1. The Morgan fingerprint density at radius 1 is 1.42 bits per heavy atom. The van der Waals surface area contributed by atoms with Crippen LogP contribution in [0.3, 0.4) is 0 Å². The van der Waals surface area contributed by atoms with Crippen LogP contribution in [-0.4, -0.2) is 14.9 Å². The van der Waals surface area contributed by atoms with Crippen LogP contribution in [0.25, 0.3) is 0 Å². The summed E-state index contributed by atoms with van der Waals surface area (Å²) in [6.07, 6.45) is 0.994. The first-order valence-electron chi connectivity index (χ1n) is 5.02. The van der Waals surface area contributed by atoms with E-state index in [2.05, 4.69) is 15.4 Å². The zero-order valence-electron chi connectivity index (χ0n) is 9.41. The molecule has 9 heteroatoms. The summed E-state index contributed by atoms with van der Waals surface area (Å²) < 4.78 is 5.32. The molecule has 98 valence electrons. The maximum Gasteiger partial charge on any atom is 0.349 e. The lowest BCUT2D eigenvalue weighted by molar-refractivity contribution is -0.386. The number of nitrogen functional groups attached to an aromatic ring is 1. The van der Waals surface area contributed by atoms with Gasteiger partial charge in [0, 0.05) is 0 Å². The smallest absolute Gasteiger partial charge is 0.349 e. The minimum atomic E-state index is -0.660. The van der Waals surface area contributed by atoms with Crippen LogP contribution in [0.1, 0.15) is 0 Å². The van der Waals surface area contributed by atoms with E-state index in [4.69, 9.17) is 22.2 Å². The van der Waals surface area contributed by atoms with Crippen molar-refractivity contribution in [3.05, 3.63) is 45.6 Å². The lowest BCUT2D eigenvalue weighted by atomic mass is 10.3. The molecule has 0 saturated heterocycles. The quantitative estimate of drug-likeness (QED) is 0.501. The van der Waals surface area contributed by atoms with Crippen LogP contribution in [0.15, 0.2) is 30.5 Å². The number of aromatic nitrogens is 2. The molecule has 19 heavy (non-hydrogen) atoms. The van der Waals surface area contributed by atoms with E-state index >= 15 is 0 Å². The van der Waals surface area contributed by atoms with Crippen LogP contribution in [0.5, 0.6) is 11.6 Å². The maximum atomic E-state index is 10.9. The Morgan fingerprint density at radius 3 is 2.79 bits per heavy atom. The number of nitro groups is 1. The van der Waals surface area contributed by atoms with Gasteiger partial charge in [0.05, 0.1) is 9.95 Å². The van der Waals surface area contributed by atoms with E-state index in [1.54, 1.807) is 24.3 Å². The fourth-order valence-electron chi connectivity index (χ4n) is 1.26. The van der Waals surface area contributed by atoms with Gasteiger partial charge >= 0.3 is 11.6 Å². The first kappa shape index (κ1) is 13.0. The van der Waals surface area contributed by atoms with Crippen molar-refractivity contribution in [2.75, 3.05) is 5.43 Å². The van der Waals surface area contributed by atoms with Crippen molar-refractivity contribution >= 4 is 23.2 Å². The molecule has 0 atom stereocenters. The molecule has 1 aromatic heterocycles. The highest BCUT2D eigenvalue weighted by Gasteiger charge is 2.20. The van der Waals surface area contributed by atoms with Gasteiger partial charge in [0.2, 0.25) is 5.95 Å². The maximum absolute atomic E-state index is 10.9. The van der Waals surface area contributed by atoms with Crippen LogP contribution in [0.2, 0.25) is 5.02 Å². The number of halogens is 1. The fraction of sp³-hybridized carbons (Fsp3) is 0. The first-order valence-corrected chi connectivity index (χ1v) is 5.40. The van der Waals surface area contributed by atoms with Crippen molar-refractivity contribution in [2.24, 2.45) is 5.84 Å². The van der Waals surface area contributed by atoms with E-state index in [1.807, 2.05) is 0 Å². The van der Waals surface area contributed by atoms with Crippen molar-refractivity contribution in [3.8, 4) is 11.6 Å². The van der Waals surface area contributed by atoms with E-state index in [0.29, 0.717) is 5.02 Å². The second kappa shape index (κ2) is 5.46. The predicted molar refractivity (Wildman–Crippen MR) is 68.0 cm³/mol. The Hall–Kier alpha value is -2.45. The van der Waals surface area contributed by atoms with E-state index in [1.165, 1.54) is 0 Å². The highest BCUT2D eigenvalue weighted by Crippen LogP contribution is 2.33. The summed E-state index contributed by atoms with van der Waals surface area (Å²) in [6.45, 7) is 0. The Morgan fingerprint density at radius 2 is 2.16 bits per heavy atom. The number of rotatable bonds is 4. The summed E-state index contributed by atoms with van der Waals surface area (Å²) in [7, 11) is 0. The number of benzene rings is 1. The highest BCUT2D eigenvalue weighted by molar-refractivity contribution is 6.32. The normalized spacial score (nSPS) is 10.0. The molecule has 0 aliphatic carbocycles. The molecule has 0 radical (unpaired) electrons. The third-order valence-corrected chi connectivity index (χ3v) is 2.42. The summed E-state index contributed by atoms with van der Waals surface area (Å²) in [5, 5.41) is 11.2. The highest BCUT2D eigenvalue weighted by atomic mass is 35.5. The number of nitrogens with zero attached hydrogens (tertiary/aromatic N) is 3. The molecular weight excluding hydrogens is 274 g/mol. The molecule has 3 N–H and O–H groups in total. The van der Waals surface area contributed by atoms with Crippen LogP contribution in [0.4, 0.5) is 11.6 Å². The van der Waals surface area contributed by atoms with Crippen LogP contribution >= 0.6 is 11.6 Å². The topological polar surface area (TPSA) is 116 Å². The average Bonchev–Trinajstić information content (AvgIpc) is 2.41. The minimum absolute atomic E-state index is 0.00680. The summed E-state index contributed by atoms with van der Waals surface area (Å²) in [4.78, 5) is 17.6. The van der Waals surface area contributed by atoms with Gasteiger partial charge < -0.3 is 4.74 Å². The van der Waals surface area contributed by atoms with Crippen molar-refractivity contribution in [3.63, 3.8) is 0 Å². The molecule has 8 nitrogen and oxygen atoms in total. The summed E-state index contributed by atoms with van der Waals surface area (Å²) in [6, 6.07) is 6.53.